The number of aromatic nitrogens is 1. The third-order valence-corrected chi connectivity index (χ3v) is 5.42. The normalized spacial score (nSPS) is 17.3. The second kappa shape index (κ2) is 7.97. The van der Waals surface area contributed by atoms with Crippen LogP contribution in [0.2, 0.25) is 0 Å². The summed E-state index contributed by atoms with van der Waals surface area (Å²) in [5.41, 5.74) is 3.67. The highest BCUT2D eigenvalue weighted by molar-refractivity contribution is 5.80. The number of nitrogens with zero attached hydrogens (tertiary/aromatic N) is 3. The maximum Gasteiger partial charge on any atom is 0.129 e. The average molecular weight is 361 g/mol. The summed E-state index contributed by atoms with van der Waals surface area (Å²) in [6.07, 6.45) is 1.12. The largest absolute Gasteiger partial charge is 0.375 e. The molecule has 1 N–H and O–H groups in total. The number of fused-ring (bicyclic) bond motifs is 1. The Hall–Kier alpha value is -2.59. The van der Waals surface area contributed by atoms with Crippen molar-refractivity contribution in [2.45, 2.75) is 19.4 Å². The van der Waals surface area contributed by atoms with Crippen molar-refractivity contribution in [2.24, 2.45) is 0 Å². The molecule has 0 amide bonds. The van der Waals surface area contributed by atoms with Gasteiger partial charge in [0.25, 0.3) is 0 Å². The van der Waals surface area contributed by atoms with Crippen LogP contribution in [0.1, 0.15) is 12.0 Å². The van der Waals surface area contributed by atoms with E-state index < -0.39 is 0 Å². The van der Waals surface area contributed by atoms with Crippen molar-refractivity contribution < 1.29 is 0 Å². The Kier molecular flexibility index (Phi) is 5.26. The van der Waals surface area contributed by atoms with E-state index in [0.717, 1.165) is 43.9 Å². The van der Waals surface area contributed by atoms with Crippen LogP contribution in [0.4, 0.5) is 11.5 Å². The quantitative estimate of drug-likeness (QED) is 0.749. The Labute approximate surface area is 161 Å². The van der Waals surface area contributed by atoms with Crippen molar-refractivity contribution in [2.75, 3.05) is 43.0 Å². The third-order valence-electron chi connectivity index (χ3n) is 5.42. The fraction of sp³-hybridized carbons (Fsp3) is 0.348. The van der Waals surface area contributed by atoms with E-state index in [9.17, 15) is 0 Å². The Balaban J connectivity index is 1.38. The first-order chi connectivity index (χ1) is 13.2. The molecule has 27 heavy (non-hydrogen) atoms. The molecule has 3 aromatic rings. The smallest absolute Gasteiger partial charge is 0.129 e. The van der Waals surface area contributed by atoms with E-state index in [4.69, 9.17) is 4.98 Å². The summed E-state index contributed by atoms with van der Waals surface area (Å²) in [6, 6.07) is 21.9. The van der Waals surface area contributed by atoms with Crippen molar-refractivity contribution in [3.05, 3.63) is 66.2 Å². The number of para-hydroxylation sites is 1. The highest BCUT2D eigenvalue weighted by Gasteiger charge is 2.20. The monoisotopic (exact) mass is 360 g/mol. The summed E-state index contributed by atoms with van der Waals surface area (Å²) in [5.74, 6) is 1.09. The first-order valence-corrected chi connectivity index (χ1v) is 9.81. The van der Waals surface area contributed by atoms with Gasteiger partial charge < -0.3 is 15.1 Å². The van der Waals surface area contributed by atoms with Crippen molar-refractivity contribution in [1.82, 2.24) is 10.3 Å². The van der Waals surface area contributed by atoms with Gasteiger partial charge in [0, 0.05) is 50.3 Å². The zero-order valence-corrected chi connectivity index (χ0v) is 16.2. The van der Waals surface area contributed by atoms with Gasteiger partial charge in [-0.05, 0) is 49.2 Å². The van der Waals surface area contributed by atoms with Crippen LogP contribution in [0, 0.1) is 6.92 Å². The highest BCUT2D eigenvalue weighted by Crippen LogP contribution is 2.20. The second-order valence-corrected chi connectivity index (χ2v) is 7.51. The summed E-state index contributed by atoms with van der Waals surface area (Å²) in [6.45, 7) is 6.21. The van der Waals surface area contributed by atoms with Crippen molar-refractivity contribution in [3.8, 4) is 0 Å². The molecule has 0 radical (unpaired) electrons. The standard InChI is InChI=1S/C23H28N4/c1-18-6-5-8-21(16-18)26(2)14-12-20-17-27(15-13-24-20)23-11-10-19-7-3-4-9-22(19)25-23/h3-11,16,20,24H,12-15,17H2,1-2H3. The maximum atomic E-state index is 4.87. The fourth-order valence-corrected chi connectivity index (χ4v) is 3.80. The number of hydrogen-bond acceptors (Lipinski definition) is 4. The molecular weight excluding hydrogens is 332 g/mol. The molecular formula is C23H28N4. The fourth-order valence-electron chi connectivity index (χ4n) is 3.80. The summed E-state index contributed by atoms with van der Waals surface area (Å²) >= 11 is 0. The lowest BCUT2D eigenvalue weighted by Crippen LogP contribution is -2.51. The minimum Gasteiger partial charge on any atom is -0.375 e. The Bertz CT molecular complexity index is 908. The molecule has 4 heteroatoms. The van der Waals surface area contributed by atoms with Crippen molar-refractivity contribution in [3.63, 3.8) is 0 Å². The topological polar surface area (TPSA) is 31.4 Å². The zero-order chi connectivity index (χ0) is 18.6. The predicted octanol–water partition coefficient (Wildman–Crippen LogP) is 3.85. The molecule has 140 valence electrons. The SMILES string of the molecule is Cc1cccc(N(C)CCC2CN(c3ccc4ccccc4n3)CCN2)c1. The lowest BCUT2D eigenvalue weighted by molar-refractivity contribution is 0.434. The Morgan fingerprint density at radius 1 is 1.11 bits per heavy atom. The summed E-state index contributed by atoms with van der Waals surface area (Å²) in [7, 11) is 2.18. The number of anilines is 2. The lowest BCUT2D eigenvalue weighted by atomic mass is 10.1. The van der Waals surface area contributed by atoms with Crippen LogP contribution >= 0.6 is 0 Å². The average Bonchev–Trinajstić information content (AvgIpc) is 2.72. The molecule has 1 saturated heterocycles. The number of pyridine rings is 1. The number of aryl methyl sites for hydroxylation is 1. The summed E-state index contributed by atoms with van der Waals surface area (Å²) in [5, 5.41) is 4.88. The van der Waals surface area contributed by atoms with Gasteiger partial charge in [0.2, 0.25) is 0 Å². The van der Waals surface area contributed by atoms with Crippen LogP contribution in [-0.2, 0) is 0 Å². The highest BCUT2D eigenvalue weighted by atomic mass is 15.2. The maximum absolute atomic E-state index is 4.87. The van der Waals surface area contributed by atoms with Gasteiger partial charge in [0.15, 0.2) is 0 Å². The molecule has 2 heterocycles. The Morgan fingerprint density at radius 3 is 2.89 bits per heavy atom. The van der Waals surface area contributed by atoms with Gasteiger partial charge in [-0.15, -0.1) is 0 Å². The van der Waals surface area contributed by atoms with Crippen molar-refractivity contribution >= 4 is 22.4 Å². The van der Waals surface area contributed by atoms with Gasteiger partial charge in [0.05, 0.1) is 5.52 Å². The zero-order valence-electron chi connectivity index (χ0n) is 16.2. The Morgan fingerprint density at radius 2 is 2.00 bits per heavy atom. The molecule has 1 aliphatic heterocycles. The van der Waals surface area contributed by atoms with Gasteiger partial charge >= 0.3 is 0 Å². The molecule has 1 aliphatic rings. The summed E-state index contributed by atoms with van der Waals surface area (Å²) < 4.78 is 0. The second-order valence-electron chi connectivity index (χ2n) is 7.51. The van der Waals surface area contributed by atoms with Crippen LogP contribution in [0.15, 0.2) is 60.7 Å². The van der Waals surface area contributed by atoms with Crippen LogP contribution in [-0.4, -0.2) is 44.3 Å². The van der Waals surface area contributed by atoms with Gasteiger partial charge in [-0.2, -0.15) is 0 Å². The van der Waals surface area contributed by atoms with Crippen LogP contribution in [0.5, 0.6) is 0 Å². The molecule has 0 spiro atoms. The van der Waals surface area contributed by atoms with Crippen molar-refractivity contribution in [1.29, 1.82) is 0 Å². The van der Waals surface area contributed by atoms with Gasteiger partial charge in [-0.1, -0.05) is 30.3 Å². The molecule has 4 rings (SSSR count). The van der Waals surface area contributed by atoms with E-state index in [1.165, 1.54) is 16.6 Å². The van der Waals surface area contributed by atoms with E-state index in [1.807, 2.05) is 0 Å². The van der Waals surface area contributed by atoms with Gasteiger partial charge in [0.1, 0.15) is 5.82 Å². The first-order valence-electron chi connectivity index (χ1n) is 9.81. The molecule has 2 aromatic carbocycles. The van der Waals surface area contributed by atoms with Gasteiger partial charge in [-0.3, -0.25) is 0 Å². The molecule has 1 unspecified atom stereocenters. The van der Waals surface area contributed by atoms with E-state index in [2.05, 4.69) is 89.8 Å². The van der Waals surface area contributed by atoms with Crippen LogP contribution in [0.3, 0.4) is 0 Å². The number of nitrogens with one attached hydrogen (secondary N) is 1. The molecule has 0 aliphatic carbocycles. The number of piperazine rings is 1. The number of hydrogen-bond donors (Lipinski definition) is 1. The van der Waals surface area contributed by atoms with Crippen LogP contribution < -0.4 is 15.1 Å². The van der Waals surface area contributed by atoms with E-state index in [1.54, 1.807) is 0 Å². The summed E-state index contributed by atoms with van der Waals surface area (Å²) in [4.78, 5) is 9.64. The molecule has 4 nitrogen and oxygen atoms in total. The molecule has 1 aromatic heterocycles. The number of rotatable bonds is 5. The lowest BCUT2D eigenvalue weighted by Gasteiger charge is -2.35. The minimum absolute atomic E-state index is 0.485. The first kappa shape index (κ1) is 17.8. The molecule has 1 atom stereocenters. The minimum atomic E-state index is 0.485. The predicted molar refractivity (Wildman–Crippen MR) is 115 cm³/mol. The van der Waals surface area contributed by atoms with E-state index in [0.29, 0.717) is 6.04 Å². The number of benzene rings is 2. The molecule has 0 saturated carbocycles. The van der Waals surface area contributed by atoms with E-state index >= 15 is 0 Å². The van der Waals surface area contributed by atoms with Gasteiger partial charge in [-0.25, -0.2) is 4.98 Å². The third kappa shape index (κ3) is 4.22. The van der Waals surface area contributed by atoms with E-state index in [-0.39, 0.29) is 0 Å². The molecule has 1 fully saturated rings. The van der Waals surface area contributed by atoms with Crippen LogP contribution in [0.25, 0.3) is 10.9 Å². The molecule has 0 bridgehead atoms.